The molecule has 1 aromatic carbocycles. The third-order valence-electron chi connectivity index (χ3n) is 4.05. The molecule has 0 saturated heterocycles. The molecule has 1 atom stereocenters. The Labute approximate surface area is 130 Å². The molecule has 21 heavy (non-hydrogen) atoms. The zero-order valence-electron chi connectivity index (χ0n) is 12.9. The highest BCUT2D eigenvalue weighted by atomic mass is 32.1. The molecule has 0 aliphatic heterocycles. The van der Waals surface area contributed by atoms with E-state index in [1.165, 1.54) is 35.4 Å². The third-order valence-corrected chi connectivity index (χ3v) is 5.23. The van der Waals surface area contributed by atoms with Crippen molar-refractivity contribution in [1.82, 2.24) is 10.3 Å². The first kappa shape index (κ1) is 14.5. The van der Waals surface area contributed by atoms with Crippen molar-refractivity contribution in [3.8, 4) is 16.3 Å². The maximum atomic E-state index is 5.34. The van der Waals surface area contributed by atoms with E-state index in [0.717, 1.165) is 22.9 Å². The fourth-order valence-electron chi connectivity index (χ4n) is 3.00. The van der Waals surface area contributed by atoms with Crippen molar-refractivity contribution >= 4 is 11.3 Å². The van der Waals surface area contributed by atoms with E-state index >= 15 is 0 Å². The maximum Gasteiger partial charge on any atom is 0.123 e. The summed E-state index contributed by atoms with van der Waals surface area (Å²) in [6.07, 6.45) is 3.63. The number of methoxy groups -OCH3 is 1. The van der Waals surface area contributed by atoms with Crippen LogP contribution in [0.25, 0.3) is 10.6 Å². The highest BCUT2D eigenvalue weighted by Crippen LogP contribution is 2.37. The van der Waals surface area contributed by atoms with Crippen LogP contribution in [0.4, 0.5) is 0 Å². The first-order valence-corrected chi connectivity index (χ1v) is 8.42. The molecule has 0 fully saturated rings. The Morgan fingerprint density at radius 3 is 3.00 bits per heavy atom. The molecule has 4 heteroatoms. The highest BCUT2D eigenvalue weighted by molar-refractivity contribution is 7.15. The minimum atomic E-state index is 0.433. The summed E-state index contributed by atoms with van der Waals surface area (Å²) >= 11 is 1.85. The third kappa shape index (κ3) is 2.83. The first-order valence-electron chi connectivity index (χ1n) is 7.61. The second-order valence-corrected chi connectivity index (χ2v) is 6.60. The zero-order chi connectivity index (χ0) is 14.8. The summed E-state index contributed by atoms with van der Waals surface area (Å²) in [6, 6.07) is 6.75. The van der Waals surface area contributed by atoms with Crippen molar-refractivity contribution in [2.24, 2.45) is 0 Å². The minimum Gasteiger partial charge on any atom is -0.496 e. The predicted molar refractivity (Wildman–Crippen MR) is 88.2 cm³/mol. The van der Waals surface area contributed by atoms with E-state index in [2.05, 4.69) is 31.3 Å². The molecule has 0 saturated carbocycles. The molecule has 0 radical (unpaired) electrons. The topological polar surface area (TPSA) is 34.1 Å². The summed E-state index contributed by atoms with van der Waals surface area (Å²) in [7, 11) is 1.71. The fraction of sp³-hybridized carbons (Fsp3) is 0.471. The lowest BCUT2D eigenvalue weighted by Crippen LogP contribution is -2.24. The van der Waals surface area contributed by atoms with E-state index in [0.29, 0.717) is 6.04 Å². The standard InChI is InChI=1S/C17H22N2OS/c1-4-18-13-6-5-7-15-16(13)19-17(21-15)12-8-9-14(20-3)11(2)10-12/h8-10,13,18H,4-7H2,1-3H3. The number of nitrogens with zero attached hydrogens (tertiary/aromatic N) is 1. The lowest BCUT2D eigenvalue weighted by molar-refractivity contribution is 0.412. The summed E-state index contributed by atoms with van der Waals surface area (Å²) in [5.41, 5.74) is 3.63. The van der Waals surface area contributed by atoms with Gasteiger partial charge in [-0.1, -0.05) is 6.92 Å². The van der Waals surface area contributed by atoms with Crippen LogP contribution in [0.5, 0.6) is 5.75 Å². The van der Waals surface area contributed by atoms with Crippen LogP contribution in [0.3, 0.4) is 0 Å². The molecule has 3 nitrogen and oxygen atoms in total. The average molecular weight is 302 g/mol. The second kappa shape index (κ2) is 6.16. The van der Waals surface area contributed by atoms with Gasteiger partial charge in [0.25, 0.3) is 0 Å². The Kier molecular flexibility index (Phi) is 4.27. The maximum absolute atomic E-state index is 5.34. The van der Waals surface area contributed by atoms with Crippen LogP contribution in [0, 0.1) is 6.92 Å². The van der Waals surface area contributed by atoms with Gasteiger partial charge < -0.3 is 10.1 Å². The molecular weight excluding hydrogens is 280 g/mol. The Balaban J connectivity index is 1.95. The first-order chi connectivity index (χ1) is 10.2. The number of hydrogen-bond acceptors (Lipinski definition) is 4. The molecule has 0 amide bonds. The molecular formula is C17H22N2OS. The Bertz CT molecular complexity index is 636. The minimum absolute atomic E-state index is 0.433. The van der Waals surface area contributed by atoms with Gasteiger partial charge in [0.05, 0.1) is 18.8 Å². The van der Waals surface area contributed by atoms with Gasteiger partial charge in [0.1, 0.15) is 10.8 Å². The van der Waals surface area contributed by atoms with Gasteiger partial charge in [0.15, 0.2) is 0 Å². The number of hydrogen-bond donors (Lipinski definition) is 1. The molecule has 0 bridgehead atoms. The van der Waals surface area contributed by atoms with Gasteiger partial charge in [0, 0.05) is 10.4 Å². The van der Waals surface area contributed by atoms with Gasteiger partial charge in [-0.2, -0.15) is 0 Å². The Morgan fingerprint density at radius 2 is 2.29 bits per heavy atom. The second-order valence-electron chi connectivity index (χ2n) is 5.51. The van der Waals surface area contributed by atoms with Crippen LogP contribution in [0.1, 0.15) is 41.9 Å². The average Bonchev–Trinajstić information content (AvgIpc) is 2.92. The number of nitrogens with one attached hydrogen (secondary N) is 1. The number of fused-ring (bicyclic) bond motifs is 1. The molecule has 0 spiro atoms. The SMILES string of the molecule is CCNC1CCCc2sc(-c3ccc(OC)c(C)c3)nc21. The van der Waals surface area contributed by atoms with Crippen LogP contribution in [-0.2, 0) is 6.42 Å². The van der Waals surface area contributed by atoms with Crippen LogP contribution in [0.15, 0.2) is 18.2 Å². The summed E-state index contributed by atoms with van der Waals surface area (Å²) in [5, 5.41) is 4.69. The Morgan fingerprint density at radius 1 is 1.43 bits per heavy atom. The molecule has 1 unspecified atom stereocenters. The summed E-state index contributed by atoms with van der Waals surface area (Å²) in [4.78, 5) is 6.39. The van der Waals surface area contributed by atoms with E-state index in [4.69, 9.17) is 9.72 Å². The lowest BCUT2D eigenvalue weighted by Gasteiger charge is -2.21. The van der Waals surface area contributed by atoms with Crippen molar-refractivity contribution in [3.63, 3.8) is 0 Å². The van der Waals surface area contributed by atoms with Crippen LogP contribution in [-0.4, -0.2) is 18.6 Å². The van der Waals surface area contributed by atoms with E-state index in [1.807, 2.05) is 17.4 Å². The fourth-order valence-corrected chi connectivity index (χ4v) is 4.16. The summed E-state index contributed by atoms with van der Waals surface area (Å²) in [5.74, 6) is 0.936. The van der Waals surface area contributed by atoms with Crippen molar-refractivity contribution in [2.45, 2.75) is 39.2 Å². The Hall–Kier alpha value is -1.39. The van der Waals surface area contributed by atoms with Crippen molar-refractivity contribution in [2.75, 3.05) is 13.7 Å². The number of benzene rings is 1. The van der Waals surface area contributed by atoms with E-state index < -0.39 is 0 Å². The number of aryl methyl sites for hydroxylation is 2. The molecule has 1 aliphatic carbocycles. The normalized spacial score (nSPS) is 17.6. The van der Waals surface area contributed by atoms with E-state index in [1.54, 1.807) is 7.11 Å². The van der Waals surface area contributed by atoms with E-state index in [9.17, 15) is 0 Å². The van der Waals surface area contributed by atoms with Crippen LogP contribution < -0.4 is 10.1 Å². The smallest absolute Gasteiger partial charge is 0.123 e. The van der Waals surface area contributed by atoms with Gasteiger partial charge in [0.2, 0.25) is 0 Å². The number of ether oxygens (including phenoxy) is 1. The zero-order valence-corrected chi connectivity index (χ0v) is 13.7. The molecule has 3 rings (SSSR count). The monoisotopic (exact) mass is 302 g/mol. The molecule has 112 valence electrons. The van der Waals surface area contributed by atoms with Gasteiger partial charge in [-0.15, -0.1) is 11.3 Å². The summed E-state index contributed by atoms with van der Waals surface area (Å²) in [6.45, 7) is 5.24. The van der Waals surface area contributed by atoms with Crippen molar-refractivity contribution < 1.29 is 4.74 Å². The van der Waals surface area contributed by atoms with Gasteiger partial charge in [-0.05, 0) is 56.5 Å². The summed E-state index contributed by atoms with van der Waals surface area (Å²) < 4.78 is 5.34. The number of rotatable bonds is 4. The molecule has 1 heterocycles. The lowest BCUT2D eigenvalue weighted by atomic mass is 9.97. The van der Waals surface area contributed by atoms with Gasteiger partial charge >= 0.3 is 0 Å². The number of aromatic nitrogens is 1. The number of thiazole rings is 1. The molecule has 1 N–H and O–H groups in total. The van der Waals surface area contributed by atoms with Crippen molar-refractivity contribution in [1.29, 1.82) is 0 Å². The predicted octanol–water partition coefficient (Wildman–Crippen LogP) is 4.11. The molecule has 1 aliphatic rings. The molecule has 2 aromatic rings. The largest absolute Gasteiger partial charge is 0.496 e. The quantitative estimate of drug-likeness (QED) is 0.922. The highest BCUT2D eigenvalue weighted by Gasteiger charge is 2.24. The van der Waals surface area contributed by atoms with Gasteiger partial charge in [-0.3, -0.25) is 0 Å². The van der Waals surface area contributed by atoms with Crippen LogP contribution in [0.2, 0.25) is 0 Å². The van der Waals surface area contributed by atoms with Crippen molar-refractivity contribution in [3.05, 3.63) is 34.3 Å². The molecule has 1 aromatic heterocycles. The van der Waals surface area contributed by atoms with E-state index in [-0.39, 0.29) is 0 Å². The van der Waals surface area contributed by atoms with Gasteiger partial charge in [-0.25, -0.2) is 4.98 Å². The van der Waals surface area contributed by atoms with Crippen LogP contribution >= 0.6 is 11.3 Å².